The van der Waals surface area contributed by atoms with Gasteiger partial charge in [0, 0.05) is 12.1 Å². The summed E-state index contributed by atoms with van der Waals surface area (Å²) in [4.78, 5) is 18.0. The minimum Gasteiger partial charge on any atom is -0.443 e. The summed E-state index contributed by atoms with van der Waals surface area (Å²) in [7, 11) is 0. The van der Waals surface area contributed by atoms with Crippen molar-refractivity contribution in [3.05, 3.63) is 36.4 Å². The fourth-order valence-electron chi connectivity index (χ4n) is 2.50. The third-order valence-corrected chi connectivity index (χ3v) is 3.31. The summed E-state index contributed by atoms with van der Waals surface area (Å²) in [6, 6.07) is 5.93. The fourth-order valence-corrected chi connectivity index (χ4v) is 2.50. The number of carbonyl (C=O) groups is 1. The van der Waals surface area contributed by atoms with E-state index < -0.39 is 5.60 Å². The number of hydrogen-bond acceptors (Lipinski definition) is 4. The van der Waals surface area contributed by atoms with Crippen molar-refractivity contribution in [2.75, 3.05) is 11.4 Å². The molecule has 110 valence electrons. The van der Waals surface area contributed by atoms with E-state index >= 15 is 0 Å². The third-order valence-electron chi connectivity index (χ3n) is 3.31. The SMILES string of the molecule is CC(C)(C)OC(=O)N1CCc2cccc(-c3cnco3)c21. The van der Waals surface area contributed by atoms with Crippen LogP contribution in [0.1, 0.15) is 26.3 Å². The molecule has 0 atom stereocenters. The van der Waals surface area contributed by atoms with Gasteiger partial charge in [-0.2, -0.15) is 0 Å². The molecule has 5 heteroatoms. The maximum atomic E-state index is 12.4. The quantitative estimate of drug-likeness (QED) is 0.803. The van der Waals surface area contributed by atoms with Gasteiger partial charge in [-0.15, -0.1) is 0 Å². The van der Waals surface area contributed by atoms with Crippen molar-refractivity contribution in [3.8, 4) is 11.3 Å². The van der Waals surface area contributed by atoms with Crippen molar-refractivity contribution in [1.82, 2.24) is 4.98 Å². The topological polar surface area (TPSA) is 55.6 Å². The predicted molar refractivity (Wildman–Crippen MR) is 79.2 cm³/mol. The Bertz CT molecular complexity index is 657. The lowest BCUT2D eigenvalue weighted by atomic mass is 10.1. The summed E-state index contributed by atoms with van der Waals surface area (Å²) in [6.45, 7) is 6.22. The summed E-state index contributed by atoms with van der Waals surface area (Å²) in [6.07, 6.45) is 3.53. The van der Waals surface area contributed by atoms with Crippen molar-refractivity contribution in [2.45, 2.75) is 32.8 Å². The van der Waals surface area contributed by atoms with Crippen LogP contribution in [-0.4, -0.2) is 23.2 Å². The number of para-hydroxylation sites is 1. The Hall–Kier alpha value is -2.30. The highest BCUT2D eigenvalue weighted by Crippen LogP contribution is 2.38. The van der Waals surface area contributed by atoms with Crippen molar-refractivity contribution < 1.29 is 13.9 Å². The van der Waals surface area contributed by atoms with Crippen molar-refractivity contribution in [3.63, 3.8) is 0 Å². The highest BCUT2D eigenvalue weighted by molar-refractivity contribution is 5.96. The number of rotatable bonds is 1. The Balaban J connectivity index is 1.99. The van der Waals surface area contributed by atoms with Crippen molar-refractivity contribution in [1.29, 1.82) is 0 Å². The second kappa shape index (κ2) is 4.91. The number of fused-ring (bicyclic) bond motifs is 1. The van der Waals surface area contributed by atoms with Crippen LogP contribution in [0.5, 0.6) is 0 Å². The maximum Gasteiger partial charge on any atom is 0.414 e. The summed E-state index contributed by atoms with van der Waals surface area (Å²) in [5.74, 6) is 0.655. The number of oxazole rings is 1. The number of aromatic nitrogens is 1. The zero-order valence-electron chi connectivity index (χ0n) is 12.4. The van der Waals surface area contributed by atoms with Gasteiger partial charge in [0.05, 0.1) is 11.9 Å². The Morgan fingerprint density at radius 1 is 1.38 bits per heavy atom. The first kappa shape index (κ1) is 13.7. The number of ether oxygens (including phenoxy) is 1. The van der Waals surface area contributed by atoms with Crippen LogP contribution < -0.4 is 4.90 Å². The molecule has 1 aromatic heterocycles. The normalized spacial score (nSPS) is 14.1. The lowest BCUT2D eigenvalue weighted by Gasteiger charge is -2.25. The van der Waals surface area contributed by atoms with Gasteiger partial charge in [0.1, 0.15) is 5.60 Å². The van der Waals surface area contributed by atoms with E-state index in [-0.39, 0.29) is 6.09 Å². The lowest BCUT2D eigenvalue weighted by molar-refractivity contribution is 0.0584. The molecular formula is C16H18N2O3. The largest absolute Gasteiger partial charge is 0.443 e. The summed E-state index contributed by atoms with van der Waals surface area (Å²) in [5.41, 5.74) is 2.34. The first-order valence-corrected chi connectivity index (χ1v) is 6.97. The van der Waals surface area contributed by atoms with Crippen LogP contribution in [0.15, 0.2) is 35.2 Å². The molecule has 0 saturated carbocycles. The third kappa shape index (κ3) is 2.63. The molecule has 0 saturated heterocycles. The van der Waals surface area contributed by atoms with Gasteiger partial charge < -0.3 is 9.15 Å². The number of amides is 1. The maximum absolute atomic E-state index is 12.4. The van der Waals surface area contributed by atoms with E-state index in [0.29, 0.717) is 12.3 Å². The zero-order chi connectivity index (χ0) is 15.0. The summed E-state index contributed by atoms with van der Waals surface area (Å²) >= 11 is 0. The van der Waals surface area contributed by atoms with E-state index in [9.17, 15) is 4.79 Å². The molecule has 0 radical (unpaired) electrons. The van der Waals surface area contributed by atoms with Gasteiger partial charge in [-0.1, -0.05) is 12.1 Å². The standard InChI is InChI=1S/C16H18N2O3/c1-16(2,3)21-15(19)18-8-7-11-5-4-6-12(14(11)18)13-9-17-10-20-13/h4-6,9-10H,7-8H2,1-3H3. The van der Waals surface area contributed by atoms with Gasteiger partial charge in [-0.05, 0) is 38.8 Å². The molecule has 0 fully saturated rings. The molecule has 21 heavy (non-hydrogen) atoms. The molecule has 1 aliphatic rings. The highest BCUT2D eigenvalue weighted by atomic mass is 16.6. The van der Waals surface area contributed by atoms with Crippen molar-refractivity contribution in [2.24, 2.45) is 0 Å². The molecule has 0 bridgehead atoms. The van der Waals surface area contributed by atoms with Crippen LogP contribution in [-0.2, 0) is 11.2 Å². The number of anilines is 1. The second-order valence-corrected chi connectivity index (χ2v) is 6.06. The van der Waals surface area contributed by atoms with Gasteiger partial charge in [-0.25, -0.2) is 9.78 Å². The lowest BCUT2D eigenvalue weighted by Crippen LogP contribution is -2.35. The Kier molecular flexibility index (Phi) is 3.20. The van der Waals surface area contributed by atoms with Crippen LogP contribution in [0, 0.1) is 0 Å². The van der Waals surface area contributed by atoms with Crippen LogP contribution in [0.2, 0.25) is 0 Å². The van der Waals surface area contributed by atoms with E-state index in [1.165, 1.54) is 6.39 Å². The zero-order valence-corrected chi connectivity index (χ0v) is 12.4. The predicted octanol–water partition coefficient (Wildman–Crippen LogP) is 3.64. The molecule has 1 aliphatic heterocycles. The first-order valence-electron chi connectivity index (χ1n) is 6.97. The van der Waals surface area contributed by atoms with Crippen LogP contribution in [0.25, 0.3) is 11.3 Å². The number of hydrogen-bond donors (Lipinski definition) is 0. The molecule has 1 amide bonds. The molecule has 0 unspecified atom stereocenters. The molecule has 2 aromatic rings. The molecule has 0 spiro atoms. The molecule has 3 rings (SSSR count). The van der Waals surface area contributed by atoms with E-state index in [4.69, 9.17) is 9.15 Å². The van der Waals surface area contributed by atoms with Crippen LogP contribution >= 0.6 is 0 Å². The van der Waals surface area contributed by atoms with E-state index in [0.717, 1.165) is 23.2 Å². The average molecular weight is 286 g/mol. The minimum atomic E-state index is -0.513. The van der Waals surface area contributed by atoms with E-state index in [1.54, 1.807) is 11.1 Å². The van der Waals surface area contributed by atoms with Gasteiger partial charge in [0.25, 0.3) is 0 Å². The summed E-state index contributed by atoms with van der Waals surface area (Å²) in [5, 5.41) is 0. The number of benzene rings is 1. The number of nitrogens with zero attached hydrogens (tertiary/aromatic N) is 2. The second-order valence-electron chi connectivity index (χ2n) is 6.06. The first-order chi connectivity index (χ1) is 9.96. The molecule has 0 aliphatic carbocycles. The van der Waals surface area contributed by atoms with E-state index in [2.05, 4.69) is 4.98 Å². The fraction of sp³-hybridized carbons (Fsp3) is 0.375. The number of carbonyl (C=O) groups excluding carboxylic acids is 1. The average Bonchev–Trinajstić information content (AvgIpc) is 3.05. The molecule has 1 aromatic carbocycles. The van der Waals surface area contributed by atoms with Crippen LogP contribution in [0.3, 0.4) is 0 Å². The Morgan fingerprint density at radius 3 is 2.86 bits per heavy atom. The minimum absolute atomic E-state index is 0.326. The van der Waals surface area contributed by atoms with E-state index in [1.807, 2.05) is 39.0 Å². The molecular weight excluding hydrogens is 268 g/mol. The smallest absolute Gasteiger partial charge is 0.414 e. The van der Waals surface area contributed by atoms with Crippen molar-refractivity contribution >= 4 is 11.8 Å². The van der Waals surface area contributed by atoms with Gasteiger partial charge >= 0.3 is 6.09 Å². The monoisotopic (exact) mass is 286 g/mol. The summed E-state index contributed by atoms with van der Waals surface area (Å²) < 4.78 is 10.9. The Morgan fingerprint density at radius 2 is 2.19 bits per heavy atom. The molecule has 2 heterocycles. The van der Waals surface area contributed by atoms with Gasteiger partial charge in [-0.3, -0.25) is 4.90 Å². The van der Waals surface area contributed by atoms with Gasteiger partial charge in [0.2, 0.25) is 0 Å². The van der Waals surface area contributed by atoms with Crippen LogP contribution in [0.4, 0.5) is 10.5 Å². The van der Waals surface area contributed by atoms with Gasteiger partial charge in [0.15, 0.2) is 12.2 Å². The molecule has 0 N–H and O–H groups in total. The highest BCUT2D eigenvalue weighted by Gasteiger charge is 2.31. The molecule has 5 nitrogen and oxygen atoms in total. The Labute approximate surface area is 123 Å².